The predicted octanol–water partition coefficient (Wildman–Crippen LogP) is 6.09. The number of amides is 1. The van der Waals surface area contributed by atoms with E-state index in [-0.39, 0.29) is 11.9 Å². The zero-order chi connectivity index (χ0) is 25.8. The van der Waals surface area contributed by atoms with E-state index in [0.717, 1.165) is 17.7 Å². The Bertz CT molecular complexity index is 1420. The third-order valence-electron chi connectivity index (χ3n) is 6.49. The molecule has 0 spiro atoms. The lowest BCUT2D eigenvalue weighted by molar-refractivity contribution is -0.118. The Kier molecular flexibility index (Phi) is 7.37. The van der Waals surface area contributed by atoms with E-state index >= 15 is 0 Å². The molecule has 2 unspecified atom stereocenters. The number of carbonyl (C=O) groups excluding carboxylic acids is 1. The second-order valence-electron chi connectivity index (χ2n) is 8.87. The van der Waals surface area contributed by atoms with Gasteiger partial charge in [0.2, 0.25) is 17.0 Å². The number of aliphatic imine (C=N–C) groups is 1. The first-order valence-corrected chi connectivity index (χ1v) is 13.3. The van der Waals surface area contributed by atoms with E-state index < -0.39 is 5.92 Å². The van der Waals surface area contributed by atoms with Crippen molar-refractivity contribution in [3.63, 3.8) is 0 Å². The van der Waals surface area contributed by atoms with Gasteiger partial charge in [-0.05, 0) is 42.2 Å². The average molecular weight is 512 g/mol. The molecule has 37 heavy (non-hydrogen) atoms. The summed E-state index contributed by atoms with van der Waals surface area (Å²) in [5.41, 5.74) is 4.72. The van der Waals surface area contributed by atoms with Crippen LogP contribution in [0.5, 0.6) is 5.75 Å². The van der Waals surface area contributed by atoms with Gasteiger partial charge < -0.3 is 10.1 Å². The number of benzene rings is 3. The lowest BCUT2D eigenvalue weighted by Gasteiger charge is -2.30. The first-order valence-electron chi connectivity index (χ1n) is 12.3. The minimum absolute atomic E-state index is 0.171. The molecule has 0 saturated heterocycles. The van der Waals surface area contributed by atoms with Crippen LogP contribution in [0.25, 0.3) is 0 Å². The summed E-state index contributed by atoms with van der Waals surface area (Å²) >= 11 is 1.56. The van der Waals surface area contributed by atoms with Gasteiger partial charge in [0.25, 0.3) is 0 Å². The van der Waals surface area contributed by atoms with Gasteiger partial charge >= 0.3 is 0 Å². The molecule has 0 aliphatic carbocycles. The summed E-state index contributed by atoms with van der Waals surface area (Å²) in [6.45, 7) is 4.01. The van der Waals surface area contributed by atoms with Crippen LogP contribution in [0, 0.1) is 5.92 Å². The molecule has 1 amide bonds. The largest absolute Gasteiger partial charge is 0.495 e. The normalized spacial score (nSPS) is 16.6. The van der Waals surface area contributed by atoms with Crippen LogP contribution in [0.1, 0.15) is 36.6 Å². The molecule has 0 saturated carbocycles. The summed E-state index contributed by atoms with van der Waals surface area (Å²) < 4.78 is 7.24. The molecule has 1 N–H and O–H groups in total. The van der Waals surface area contributed by atoms with E-state index in [1.807, 2.05) is 49.4 Å². The third-order valence-corrected chi connectivity index (χ3v) is 7.40. The molecular formula is C29H29N5O2S. The number of nitrogens with zero attached hydrogens (tertiary/aromatic N) is 4. The molecule has 2 atom stereocenters. The Labute approximate surface area is 221 Å². The van der Waals surface area contributed by atoms with Crippen molar-refractivity contribution in [3.05, 3.63) is 95.6 Å². The number of anilines is 1. The van der Waals surface area contributed by atoms with Gasteiger partial charge in [0.15, 0.2) is 0 Å². The molecule has 1 aromatic heterocycles. The first kappa shape index (κ1) is 24.8. The number of rotatable bonds is 8. The first-order chi connectivity index (χ1) is 18.1. The average Bonchev–Trinajstić information content (AvgIpc) is 3.34. The molecule has 0 bridgehead atoms. The van der Waals surface area contributed by atoms with Crippen molar-refractivity contribution in [2.45, 2.75) is 37.2 Å². The standard InChI is InChI=1S/C29H29N5O2S/c1-4-20-14-16-22(17-15-20)26-25(27(35)31-23-12-8-9-13-24(23)36-3)19(2)30-28-32-29(33-34(26)28)37-18-21-10-6-5-7-11-21/h5-17,25-26H,4,18H2,1-3H3,(H,31,35). The van der Waals surface area contributed by atoms with Crippen molar-refractivity contribution >= 4 is 35.0 Å². The highest BCUT2D eigenvalue weighted by molar-refractivity contribution is 7.98. The van der Waals surface area contributed by atoms with Crippen molar-refractivity contribution in [2.24, 2.45) is 10.9 Å². The Hall–Kier alpha value is -3.91. The number of aryl methyl sites for hydroxylation is 1. The van der Waals surface area contributed by atoms with E-state index in [1.165, 1.54) is 11.1 Å². The molecule has 4 aromatic rings. The number of nitrogens with one attached hydrogen (secondary N) is 1. The molecule has 0 fully saturated rings. The second kappa shape index (κ2) is 11.0. The van der Waals surface area contributed by atoms with Crippen molar-refractivity contribution in [2.75, 3.05) is 12.4 Å². The molecule has 5 rings (SSSR count). The number of aromatic nitrogens is 3. The van der Waals surface area contributed by atoms with Crippen molar-refractivity contribution in [1.29, 1.82) is 0 Å². The van der Waals surface area contributed by atoms with Crippen LogP contribution in [0.15, 0.2) is 89.0 Å². The molecule has 188 valence electrons. The monoisotopic (exact) mass is 511 g/mol. The number of hydrogen-bond acceptors (Lipinski definition) is 6. The van der Waals surface area contributed by atoms with Gasteiger partial charge in [-0.15, -0.1) is 5.10 Å². The summed E-state index contributed by atoms with van der Waals surface area (Å²) in [6, 6.07) is 25.6. The zero-order valence-corrected chi connectivity index (χ0v) is 21.9. The van der Waals surface area contributed by atoms with E-state index in [2.05, 4.69) is 48.6 Å². The minimum Gasteiger partial charge on any atom is -0.495 e. The molecule has 1 aliphatic heterocycles. The number of para-hydroxylation sites is 2. The van der Waals surface area contributed by atoms with Gasteiger partial charge in [0.05, 0.1) is 18.8 Å². The van der Waals surface area contributed by atoms with E-state index in [9.17, 15) is 4.79 Å². The van der Waals surface area contributed by atoms with Crippen LogP contribution >= 0.6 is 11.8 Å². The fourth-order valence-corrected chi connectivity index (χ4v) is 5.29. The smallest absolute Gasteiger partial charge is 0.249 e. The number of ether oxygens (including phenoxy) is 1. The van der Waals surface area contributed by atoms with Crippen LogP contribution in [-0.2, 0) is 17.0 Å². The highest BCUT2D eigenvalue weighted by Gasteiger charge is 2.39. The topological polar surface area (TPSA) is 81.4 Å². The third kappa shape index (κ3) is 5.29. The van der Waals surface area contributed by atoms with Crippen molar-refractivity contribution in [3.8, 4) is 5.75 Å². The van der Waals surface area contributed by atoms with Gasteiger partial charge in [0, 0.05) is 11.5 Å². The Morgan fingerprint density at radius 1 is 1.00 bits per heavy atom. The Morgan fingerprint density at radius 2 is 1.73 bits per heavy atom. The molecule has 2 heterocycles. The van der Waals surface area contributed by atoms with Crippen LogP contribution in [0.4, 0.5) is 11.6 Å². The van der Waals surface area contributed by atoms with E-state index in [1.54, 1.807) is 23.6 Å². The van der Waals surface area contributed by atoms with Gasteiger partial charge in [-0.3, -0.25) is 4.79 Å². The number of carbonyl (C=O) groups is 1. The second-order valence-corrected chi connectivity index (χ2v) is 9.82. The molecule has 3 aromatic carbocycles. The van der Waals surface area contributed by atoms with Crippen LogP contribution in [0.3, 0.4) is 0 Å². The summed E-state index contributed by atoms with van der Waals surface area (Å²) in [7, 11) is 1.59. The molecule has 7 nitrogen and oxygen atoms in total. The van der Waals surface area contributed by atoms with Crippen molar-refractivity contribution < 1.29 is 9.53 Å². The quantitative estimate of drug-likeness (QED) is 0.290. The summed E-state index contributed by atoms with van der Waals surface area (Å²) in [5.74, 6) is 1.12. The molecular weight excluding hydrogens is 482 g/mol. The van der Waals surface area contributed by atoms with E-state index in [0.29, 0.717) is 28.3 Å². The summed E-state index contributed by atoms with van der Waals surface area (Å²) in [5, 5.41) is 8.52. The van der Waals surface area contributed by atoms with E-state index in [4.69, 9.17) is 19.8 Å². The minimum atomic E-state index is -0.571. The van der Waals surface area contributed by atoms with Crippen LogP contribution < -0.4 is 10.1 Å². The fourth-order valence-electron chi connectivity index (χ4n) is 4.51. The maximum absolute atomic E-state index is 13.8. The number of methoxy groups -OCH3 is 1. The maximum Gasteiger partial charge on any atom is 0.249 e. The van der Waals surface area contributed by atoms with Gasteiger partial charge in [0.1, 0.15) is 11.7 Å². The lowest BCUT2D eigenvalue weighted by atomic mass is 9.87. The highest BCUT2D eigenvalue weighted by Crippen LogP contribution is 2.38. The summed E-state index contributed by atoms with van der Waals surface area (Å²) in [6.07, 6.45) is 0.942. The van der Waals surface area contributed by atoms with Gasteiger partial charge in [-0.1, -0.05) is 85.4 Å². The number of fused-ring (bicyclic) bond motifs is 1. The Morgan fingerprint density at radius 3 is 2.46 bits per heavy atom. The Balaban J connectivity index is 1.50. The highest BCUT2D eigenvalue weighted by atomic mass is 32.2. The zero-order valence-electron chi connectivity index (χ0n) is 21.1. The van der Waals surface area contributed by atoms with Crippen LogP contribution in [0.2, 0.25) is 0 Å². The SMILES string of the molecule is CCc1ccc(C2C(C(=O)Nc3ccccc3OC)C(C)=Nc3nc(SCc4ccccc4)nn32)cc1. The molecule has 0 radical (unpaired) electrons. The van der Waals surface area contributed by atoms with Crippen molar-refractivity contribution in [1.82, 2.24) is 14.8 Å². The lowest BCUT2D eigenvalue weighted by Crippen LogP contribution is -2.39. The predicted molar refractivity (Wildman–Crippen MR) is 148 cm³/mol. The summed E-state index contributed by atoms with van der Waals surface area (Å²) in [4.78, 5) is 23.2. The van der Waals surface area contributed by atoms with Gasteiger partial charge in [-0.25, -0.2) is 9.67 Å². The molecule has 1 aliphatic rings. The fraction of sp³-hybridized carbons (Fsp3) is 0.241. The van der Waals surface area contributed by atoms with Crippen LogP contribution in [-0.4, -0.2) is 33.5 Å². The van der Waals surface area contributed by atoms with Gasteiger partial charge in [-0.2, -0.15) is 4.98 Å². The maximum atomic E-state index is 13.8. The number of hydrogen-bond donors (Lipinski definition) is 1. The molecule has 8 heteroatoms. The number of thioether (sulfide) groups is 1.